The van der Waals surface area contributed by atoms with E-state index in [0.717, 1.165) is 24.3 Å². The number of ether oxygens (including phenoxy) is 6. The molecule has 5 aromatic heterocycles. The molecule has 37 nitrogen and oxygen atoms in total. The third kappa shape index (κ3) is 53.6. The number of aromatic hydroxyl groups is 1. The SMILES string of the molecule is C.C.C.C.CC(=O)Nc1cc(Cl)ncn1.CC(=O)Nc1cc(Oc2ccc(N)cc2)ncn1.CC(=O)Nc1cc(Oc2ccc(NC(=O)Cc3cccc(C(F)(F)F)c3)cc2)ncn1.CC(=O)Nc1cc(Oc2ccc(NC(=O)OC(C)(C)C)cc2)ncn1.CC(=O)OC(C)=O.CC(C)(C)OC(=O)Nc1ccc(O)cc1.Nc1cc(Cl)ncn1.O=C(O)Cc1cccc(C(F)(F)F)c1. The molecule has 0 radical (unpaired) electrons. The number of hydrogen-bond donors (Lipinski definition) is 11. The molecule has 714 valence electrons. The van der Waals surface area contributed by atoms with Gasteiger partial charge in [0.05, 0.1) is 24.0 Å². The van der Waals surface area contributed by atoms with E-state index in [0.29, 0.717) is 79.5 Å². The van der Waals surface area contributed by atoms with Gasteiger partial charge in [0.1, 0.15) is 105 Å². The van der Waals surface area contributed by atoms with Crippen molar-refractivity contribution in [3.8, 4) is 40.6 Å². The van der Waals surface area contributed by atoms with E-state index in [2.05, 4.69) is 91.8 Å². The number of esters is 2. The van der Waals surface area contributed by atoms with Gasteiger partial charge in [0.15, 0.2) is 0 Å². The Balaban J connectivity index is 0.00000155. The number of phenols is 1. The lowest BCUT2D eigenvalue weighted by molar-refractivity contribution is -0.156. The van der Waals surface area contributed by atoms with E-state index in [1.165, 1.54) is 140 Å². The topological polar surface area (TPSA) is 532 Å². The number of carboxylic acids is 1. The van der Waals surface area contributed by atoms with Gasteiger partial charge in [0, 0.05) is 94.6 Å². The van der Waals surface area contributed by atoms with Crippen molar-refractivity contribution in [2.45, 2.75) is 149 Å². The molecule has 13 N–H and O–H groups in total. The summed E-state index contributed by atoms with van der Waals surface area (Å²) in [6.07, 6.45) is -4.07. The van der Waals surface area contributed by atoms with Gasteiger partial charge in [-0.2, -0.15) is 26.3 Å². The highest BCUT2D eigenvalue weighted by atomic mass is 35.5. The van der Waals surface area contributed by atoms with Crippen LogP contribution in [-0.4, -0.2) is 131 Å². The molecule has 45 heteroatoms. The smallest absolute Gasteiger partial charge is 0.416 e. The molecule has 0 spiro atoms. The lowest BCUT2D eigenvalue weighted by Gasteiger charge is -2.19. The molecule has 0 unspecified atom stereocenters. The lowest BCUT2D eigenvalue weighted by Crippen LogP contribution is -2.27. The van der Waals surface area contributed by atoms with Crippen LogP contribution in [0.2, 0.25) is 10.3 Å². The van der Waals surface area contributed by atoms with Crippen molar-refractivity contribution in [1.29, 1.82) is 0 Å². The van der Waals surface area contributed by atoms with E-state index >= 15 is 0 Å². The summed E-state index contributed by atoms with van der Waals surface area (Å²) in [5.41, 5.74) is 10.8. The van der Waals surface area contributed by atoms with Gasteiger partial charge in [0.2, 0.25) is 47.2 Å². The number of carbonyl (C=O) groups excluding carboxylic acids is 9. The van der Waals surface area contributed by atoms with Crippen LogP contribution in [0, 0.1) is 0 Å². The first-order valence-corrected chi connectivity index (χ1v) is 37.8. The van der Waals surface area contributed by atoms with Gasteiger partial charge in [-0.3, -0.25) is 49.0 Å². The first kappa shape index (κ1) is 117. The minimum atomic E-state index is -4.46. The number of amides is 7. The molecule has 6 aromatic carbocycles. The number of carbonyl (C=O) groups is 10. The summed E-state index contributed by atoms with van der Waals surface area (Å²) in [7, 11) is 0. The van der Waals surface area contributed by atoms with Crippen LogP contribution >= 0.6 is 23.2 Å². The number of alkyl halides is 6. The molecule has 5 heterocycles. The second-order valence-corrected chi connectivity index (χ2v) is 28.2. The monoisotopic (exact) mass is 1900 g/mol. The summed E-state index contributed by atoms with van der Waals surface area (Å²) in [4.78, 5) is 147. The molecule has 0 aliphatic rings. The van der Waals surface area contributed by atoms with Crippen molar-refractivity contribution in [3.63, 3.8) is 0 Å². The van der Waals surface area contributed by atoms with Crippen LogP contribution in [0.5, 0.6) is 40.6 Å². The number of halogens is 8. The number of phenolic OH excluding ortho intramolecular Hbond substituents is 1. The molecule has 0 aliphatic carbocycles. The average molecular weight is 1900 g/mol. The van der Waals surface area contributed by atoms with Gasteiger partial charge >= 0.3 is 42.4 Å². The number of nitrogens with two attached hydrogens (primary N) is 2. The quantitative estimate of drug-likeness (QED) is 0.00767. The molecule has 11 aromatic rings. The fourth-order valence-electron chi connectivity index (χ4n) is 8.84. The lowest BCUT2D eigenvalue weighted by atomic mass is 10.1. The highest BCUT2D eigenvalue weighted by Gasteiger charge is 2.32. The van der Waals surface area contributed by atoms with Crippen LogP contribution < -0.4 is 62.9 Å². The normalized spacial score (nSPS) is 10.0. The highest BCUT2D eigenvalue weighted by Crippen LogP contribution is 2.32. The molecule has 0 atom stereocenters. The Bertz CT molecular complexity index is 5530. The van der Waals surface area contributed by atoms with Gasteiger partial charge in [-0.25, -0.2) is 59.4 Å². The zero-order chi connectivity index (χ0) is 96.2. The molecule has 133 heavy (non-hydrogen) atoms. The fraction of sp³-hybridized carbons (Fsp3) is 0.250. The van der Waals surface area contributed by atoms with Crippen LogP contribution in [0.1, 0.15) is 135 Å². The van der Waals surface area contributed by atoms with Crippen molar-refractivity contribution in [2.75, 3.05) is 48.7 Å². The van der Waals surface area contributed by atoms with Crippen molar-refractivity contribution < 1.29 is 113 Å². The Morgan fingerprint density at radius 1 is 0.376 bits per heavy atom. The van der Waals surface area contributed by atoms with Crippen LogP contribution in [-0.2, 0) is 77.8 Å². The number of hydrogen-bond acceptors (Lipinski definition) is 29. The number of aromatic nitrogens is 10. The van der Waals surface area contributed by atoms with Crippen LogP contribution in [0.3, 0.4) is 0 Å². The number of nitrogens with one attached hydrogen (secondary N) is 7. The van der Waals surface area contributed by atoms with Gasteiger partial charge in [-0.05, 0) is 162 Å². The molecular formula is C88H103Cl2F6N19O18. The maximum Gasteiger partial charge on any atom is 0.416 e. The van der Waals surface area contributed by atoms with Crippen molar-refractivity contribution in [3.05, 3.63) is 240 Å². The maximum atomic E-state index is 12.8. The highest BCUT2D eigenvalue weighted by molar-refractivity contribution is 6.29. The molecule has 0 saturated heterocycles. The molecule has 11 rings (SSSR count). The number of anilines is 9. The number of benzene rings is 6. The average Bonchev–Trinajstić information content (AvgIpc) is 0.848. The van der Waals surface area contributed by atoms with Crippen molar-refractivity contribution in [2.24, 2.45) is 0 Å². The van der Waals surface area contributed by atoms with E-state index in [1.807, 2.05) is 0 Å². The zero-order valence-electron chi connectivity index (χ0n) is 70.6. The molecule has 0 bridgehead atoms. The fourth-order valence-corrected chi connectivity index (χ4v) is 9.15. The summed E-state index contributed by atoms with van der Waals surface area (Å²) < 4.78 is 106. The molecule has 7 amide bonds. The predicted molar refractivity (Wildman–Crippen MR) is 490 cm³/mol. The number of carboxylic acid groups (broad SMARTS) is 1. The zero-order valence-corrected chi connectivity index (χ0v) is 72.1. The Kier molecular flexibility index (Phi) is 51.0. The van der Waals surface area contributed by atoms with E-state index in [9.17, 15) is 74.3 Å². The van der Waals surface area contributed by atoms with E-state index < -0.39 is 77.1 Å². The largest absolute Gasteiger partial charge is 0.508 e. The summed E-state index contributed by atoms with van der Waals surface area (Å²) in [6, 6.07) is 42.5. The van der Waals surface area contributed by atoms with Crippen LogP contribution in [0.4, 0.5) is 87.8 Å². The maximum absolute atomic E-state index is 12.8. The Morgan fingerprint density at radius 2 is 0.684 bits per heavy atom. The van der Waals surface area contributed by atoms with Gasteiger partial charge < -0.3 is 76.7 Å². The molecule has 0 saturated carbocycles. The van der Waals surface area contributed by atoms with Crippen molar-refractivity contribution in [1.82, 2.24) is 49.8 Å². The van der Waals surface area contributed by atoms with Crippen LogP contribution in [0.15, 0.2) is 208 Å². The molecular weight excluding hydrogens is 1800 g/mol. The van der Waals surface area contributed by atoms with Crippen LogP contribution in [0.25, 0.3) is 0 Å². The van der Waals surface area contributed by atoms with E-state index in [-0.39, 0.29) is 94.2 Å². The molecule has 0 fully saturated rings. The number of rotatable bonds is 17. The third-order valence-electron chi connectivity index (χ3n) is 13.6. The third-order valence-corrected chi connectivity index (χ3v) is 14.1. The first-order chi connectivity index (χ1) is 60.4. The van der Waals surface area contributed by atoms with E-state index in [4.69, 9.17) is 68.6 Å². The summed E-state index contributed by atoms with van der Waals surface area (Å²) in [5.74, 6) is 0.747. The summed E-state index contributed by atoms with van der Waals surface area (Å²) >= 11 is 10.9. The minimum absolute atomic E-state index is 0. The van der Waals surface area contributed by atoms with E-state index in [1.54, 1.807) is 126 Å². The minimum Gasteiger partial charge on any atom is -0.508 e. The second kappa shape index (κ2) is 57.9. The standard InChI is InChI=1S/C21H17F3N4O3.C17H20N4O4.C12H12N4O2.C11H15NO3.C9H7F3O2.C6H6ClN3O.C4H4ClN3.C4H6O3.4CH4/c1-13(29)27-18-11-20(26-12-25-18)31-17-7-5-16(6-8-17)28-19(30)10-14-3-2-4-15(9-14)21(22,23)24;1-11(22)20-14-9-15(19-10-18-14)24-13-7-5-12(6-8-13)21-16(23)25-17(2,3)4;1-8(17)16-11-6-12(15-7-14-11)18-10-4-2-9(13)3-5-10;1-11(2,3)15-10(14)12-8-4-6-9(13)7-5-8;10-9(11,12)7-3-1-2-6(4-7)5-8(13)14;1-4(11)10-6-2-5(7)8-3-9-6;5-3-1-4(6)8-2-7-3;1-3(5)7-4(2)6;;;;/h2-9,11-12H,10H2,1H3,(H,28,30)(H,25,26,27,29);5-10H,1-4H3,(H,21,23)(H,18,19,20,22);2-7H,13H2,1H3,(H,14,15,16,17);4-7,13H,1-3H3,(H,12,14);1-4H,5H2,(H,13,14);2-3H,1H3,(H,8,9,10,11);1-2H,(H2,6,7,8);1-2H3;4*1H4. The number of aliphatic carboxylic acids is 1. The van der Waals surface area contributed by atoms with Gasteiger partial charge in [-0.1, -0.05) is 89.3 Å². The number of nitrogen functional groups attached to an aromatic ring is 2. The summed E-state index contributed by atoms with van der Waals surface area (Å²) in [5, 5.41) is 36.0. The molecule has 0 aliphatic heterocycles. The van der Waals surface area contributed by atoms with Crippen molar-refractivity contribution >= 4 is 135 Å². The summed E-state index contributed by atoms with van der Waals surface area (Å²) in [6.45, 7) is 18.7. The van der Waals surface area contributed by atoms with Gasteiger partial charge in [0.25, 0.3) is 0 Å². The number of nitrogens with zero attached hydrogens (tertiary/aromatic N) is 10. The second-order valence-electron chi connectivity index (χ2n) is 27.4. The first-order valence-electron chi connectivity index (χ1n) is 37.1. The Morgan fingerprint density at radius 3 is 0.977 bits per heavy atom. The predicted octanol–water partition coefficient (Wildman–Crippen LogP) is 19.3. The van der Waals surface area contributed by atoms with Gasteiger partial charge in [-0.15, -0.1) is 0 Å². The Hall–Kier alpha value is -15.8. The Labute approximate surface area is 772 Å².